The molecule has 0 radical (unpaired) electrons. The number of aromatic nitrogens is 2. The molecule has 2 heterocycles. The SMILES string of the molecule is [N-]=[N+]=NCOC1CC(n2cc(C#CCNC(=O)COCCOC(COc3cccc(C(=O)NCCN)c3)N=[N+]=[N-])c(=O)[nH]c2=O)OC1COP(=O)([O-])OP(=O)([O-])OP(=O)([O-])[O-]. The highest BCUT2D eigenvalue weighted by molar-refractivity contribution is 7.64. The average molecular weight is 922 g/mol. The molecule has 1 aromatic heterocycles. The topological polar surface area (TPSA) is 454 Å². The molecule has 0 saturated carbocycles. The van der Waals surface area contributed by atoms with E-state index in [4.69, 9.17) is 40.5 Å². The van der Waals surface area contributed by atoms with E-state index in [1.54, 1.807) is 18.2 Å². The molecule has 1 aliphatic heterocycles. The molecule has 2 amide bonds. The van der Waals surface area contributed by atoms with E-state index < -0.39 is 85.2 Å². The maximum Gasteiger partial charge on any atom is 0.330 e. The first-order chi connectivity index (χ1) is 28.8. The van der Waals surface area contributed by atoms with Gasteiger partial charge in [0.05, 0.1) is 40.3 Å². The maximum absolute atomic E-state index is 12.7. The van der Waals surface area contributed by atoms with E-state index >= 15 is 0 Å². The smallest absolute Gasteiger partial charge is 0.330 e. The van der Waals surface area contributed by atoms with Gasteiger partial charge in [0.25, 0.3) is 27.1 Å². The van der Waals surface area contributed by atoms with Crippen LogP contribution < -0.4 is 51.9 Å². The van der Waals surface area contributed by atoms with Crippen LogP contribution in [0.2, 0.25) is 0 Å². The third-order valence-electron chi connectivity index (χ3n) is 7.13. The second-order valence-corrected chi connectivity index (χ2v) is 15.7. The van der Waals surface area contributed by atoms with Crippen LogP contribution >= 0.6 is 23.5 Å². The second-order valence-electron chi connectivity index (χ2n) is 11.5. The number of nitrogens with zero attached hydrogens (tertiary/aromatic N) is 7. The van der Waals surface area contributed by atoms with Crippen molar-refractivity contribution in [2.24, 2.45) is 16.0 Å². The number of ether oxygens (including phenoxy) is 5. The van der Waals surface area contributed by atoms with Gasteiger partial charge in [0.1, 0.15) is 43.6 Å². The minimum absolute atomic E-state index is 0.117. The summed E-state index contributed by atoms with van der Waals surface area (Å²) in [7, 11) is -18.5. The zero-order valence-corrected chi connectivity index (χ0v) is 33.8. The van der Waals surface area contributed by atoms with Gasteiger partial charge >= 0.3 is 5.69 Å². The Morgan fingerprint density at radius 2 is 1.87 bits per heavy atom. The zero-order chi connectivity index (χ0) is 45.1. The number of carbonyl (C=O) groups excluding carboxylic acids is 2. The number of azide groups is 2. The number of aromatic amines is 1. The summed E-state index contributed by atoms with van der Waals surface area (Å²) in [6.07, 6.45) is -4.50. The number of phosphoric acid groups is 3. The number of rotatable bonds is 25. The predicted molar refractivity (Wildman–Crippen MR) is 193 cm³/mol. The van der Waals surface area contributed by atoms with E-state index in [0.717, 1.165) is 10.8 Å². The van der Waals surface area contributed by atoms with Crippen LogP contribution in [0.1, 0.15) is 28.6 Å². The quantitative estimate of drug-likeness (QED) is 0.0195. The monoisotopic (exact) mass is 921 g/mol. The molecule has 1 fully saturated rings. The first-order valence-corrected chi connectivity index (χ1v) is 21.3. The second kappa shape index (κ2) is 24.5. The van der Waals surface area contributed by atoms with E-state index in [2.05, 4.69) is 55.7 Å². The van der Waals surface area contributed by atoms with Crippen molar-refractivity contribution in [1.29, 1.82) is 0 Å². The Morgan fingerprint density at radius 3 is 2.57 bits per heavy atom. The molecular formula is C28H34N11O19P3-4. The Hall–Kier alpha value is -4.97. The lowest BCUT2D eigenvalue weighted by Gasteiger charge is -2.37. The summed E-state index contributed by atoms with van der Waals surface area (Å²) in [4.78, 5) is 101. The minimum atomic E-state index is -6.27. The predicted octanol–water partition coefficient (Wildman–Crippen LogP) is -2.80. The van der Waals surface area contributed by atoms with Crippen LogP contribution in [0.25, 0.3) is 20.9 Å². The summed E-state index contributed by atoms with van der Waals surface area (Å²) in [6, 6.07) is 6.22. The minimum Gasteiger partial charge on any atom is -0.790 e. The fraction of sp³-hybridized carbons (Fsp3) is 0.500. The molecule has 0 aliphatic carbocycles. The molecule has 1 aromatic carbocycles. The van der Waals surface area contributed by atoms with E-state index in [1.807, 2.05) is 4.98 Å². The number of hydrogen-bond donors (Lipinski definition) is 4. The van der Waals surface area contributed by atoms with Crippen LogP contribution in [0, 0.1) is 11.8 Å². The van der Waals surface area contributed by atoms with Crippen molar-refractivity contribution in [2.45, 2.75) is 31.1 Å². The van der Waals surface area contributed by atoms with Crippen LogP contribution in [-0.2, 0) is 50.6 Å². The summed E-state index contributed by atoms with van der Waals surface area (Å²) in [5.41, 5.74) is 20.8. The molecule has 334 valence electrons. The van der Waals surface area contributed by atoms with Gasteiger partial charge < -0.3 is 68.7 Å². The van der Waals surface area contributed by atoms with Gasteiger partial charge in [-0.2, -0.15) is 0 Å². The summed E-state index contributed by atoms with van der Waals surface area (Å²) < 4.78 is 73.1. The van der Waals surface area contributed by atoms with E-state index in [9.17, 15) is 52.4 Å². The Bertz CT molecular complexity index is 2270. The number of benzene rings is 1. The molecule has 1 aliphatic rings. The van der Waals surface area contributed by atoms with E-state index in [1.165, 1.54) is 6.07 Å². The summed E-state index contributed by atoms with van der Waals surface area (Å²) in [5.74, 6) is 4.26. The molecule has 0 bridgehead atoms. The molecule has 2 aromatic rings. The van der Waals surface area contributed by atoms with Crippen molar-refractivity contribution >= 4 is 35.3 Å². The molecule has 33 heteroatoms. The molecule has 3 rings (SSSR count). The van der Waals surface area contributed by atoms with Crippen LogP contribution in [-0.4, -0.2) is 99.2 Å². The molecular weight excluding hydrogens is 887 g/mol. The van der Waals surface area contributed by atoms with Crippen molar-refractivity contribution in [3.8, 4) is 17.6 Å². The highest BCUT2D eigenvalue weighted by Crippen LogP contribution is 2.60. The number of amides is 2. The fourth-order valence-corrected chi connectivity index (χ4v) is 7.55. The number of nitrogens with one attached hydrogen (secondary N) is 3. The van der Waals surface area contributed by atoms with Crippen molar-refractivity contribution in [1.82, 2.24) is 20.2 Å². The molecule has 30 nitrogen and oxygen atoms in total. The lowest BCUT2D eigenvalue weighted by molar-refractivity contribution is -0.339. The van der Waals surface area contributed by atoms with Crippen molar-refractivity contribution in [3.63, 3.8) is 0 Å². The normalized spacial score (nSPS) is 18.5. The third kappa shape index (κ3) is 18.7. The number of phosphoric ester groups is 1. The zero-order valence-electron chi connectivity index (χ0n) is 31.1. The fourth-order valence-electron chi connectivity index (χ4n) is 4.68. The number of nitrogens with two attached hydrogens (primary N) is 1. The number of H-pyrrole nitrogens is 1. The van der Waals surface area contributed by atoms with E-state index in [0.29, 0.717) is 11.3 Å². The number of carbonyl (C=O) groups is 2. The van der Waals surface area contributed by atoms with Gasteiger partial charge in [-0.1, -0.05) is 28.1 Å². The van der Waals surface area contributed by atoms with Gasteiger partial charge in [0.2, 0.25) is 5.91 Å². The van der Waals surface area contributed by atoms with Gasteiger partial charge in [-0.15, -0.1) is 0 Å². The van der Waals surface area contributed by atoms with Crippen LogP contribution in [0.3, 0.4) is 0 Å². The molecule has 0 spiro atoms. The highest BCUT2D eigenvalue weighted by Gasteiger charge is 2.39. The maximum atomic E-state index is 12.7. The molecule has 1 saturated heterocycles. The molecule has 61 heavy (non-hydrogen) atoms. The lowest BCUT2D eigenvalue weighted by atomic mass is 10.2. The van der Waals surface area contributed by atoms with Crippen molar-refractivity contribution < 1.29 is 79.7 Å². The molecule has 6 atom stereocenters. The van der Waals surface area contributed by atoms with Crippen molar-refractivity contribution in [3.05, 3.63) is 83.3 Å². The summed E-state index contributed by atoms with van der Waals surface area (Å²) in [5, 5.41) is 11.7. The molecule has 5 N–H and O–H groups in total. The largest absolute Gasteiger partial charge is 0.790 e. The Balaban J connectivity index is 1.51. The van der Waals surface area contributed by atoms with Crippen molar-refractivity contribution in [2.75, 3.05) is 59.4 Å². The van der Waals surface area contributed by atoms with Gasteiger partial charge in [0, 0.05) is 41.1 Å². The first kappa shape index (κ1) is 50.4. The Kier molecular flexibility index (Phi) is 20.2. The standard InChI is InChI=1S/C28H38N11O19P3/c29-6-8-33-26(41)18-3-1-5-20(11-18)53-16-24(36-38-31)52-10-9-51-15-23(40)32-7-2-4-19-13-39(28(43)35-27(19)42)25-12-21(54-17-34-37-30)22(56-25)14-55-60(47,48)58-61(49,50)57-59(44,45)46/h1,3,5,11,13,21-22,24-25H,6-10,12,14-17,29H2,(H,32,40)(H,33,41)(H,47,48)(H,49,50)(H,35,42,43)(H2,44,45,46)/p-4. The van der Waals surface area contributed by atoms with Crippen LogP contribution in [0.15, 0.2) is 50.3 Å². The number of hydrogen-bond acceptors (Lipinski definition) is 22. The lowest BCUT2D eigenvalue weighted by Crippen LogP contribution is -2.34. The average Bonchev–Trinajstić information content (AvgIpc) is 3.58. The van der Waals surface area contributed by atoms with Gasteiger partial charge in [-0.05, 0) is 29.3 Å². The van der Waals surface area contributed by atoms with Crippen LogP contribution in [0.5, 0.6) is 5.75 Å². The first-order valence-electron chi connectivity index (χ1n) is 16.9. The van der Waals surface area contributed by atoms with Gasteiger partial charge in [0.15, 0.2) is 6.23 Å². The summed E-state index contributed by atoms with van der Waals surface area (Å²) >= 11 is 0. The Labute approximate surface area is 342 Å². The van der Waals surface area contributed by atoms with Crippen LogP contribution in [0.4, 0.5) is 0 Å². The highest BCUT2D eigenvalue weighted by atomic mass is 31.3. The van der Waals surface area contributed by atoms with E-state index in [-0.39, 0.29) is 57.3 Å². The Morgan fingerprint density at radius 1 is 1.10 bits per heavy atom. The molecule has 6 unspecified atom stereocenters. The summed E-state index contributed by atoms with van der Waals surface area (Å²) in [6.45, 7) is -2.41. The van der Waals surface area contributed by atoms with Gasteiger partial charge in [-0.25, -0.2) is 9.11 Å². The van der Waals surface area contributed by atoms with Gasteiger partial charge in [-0.3, -0.25) is 37.4 Å². The third-order valence-corrected chi connectivity index (χ3v) is 10.8.